The molecule has 2 rings (SSSR count). The first kappa shape index (κ1) is 23.9. The van der Waals surface area contributed by atoms with Crippen molar-refractivity contribution in [3.63, 3.8) is 0 Å². The number of ether oxygens (including phenoxy) is 2. The van der Waals surface area contributed by atoms with Crippen molar-refractivity contribution in [2.45, 2.75) is 12.8 Å². The Hall–Kier alpha value is -2.10. The molecule has 0 radical (unpaired) electrons. The summed E-state index contributed by atoms with van der Waals surface area (Å²) >= 11 is 0. The van der Waals surface area contributed by atoms with Crippen LogP contribution in [0.1, 0.15) is 11.1 Å². The summed E-state index contributed by atoms with van der Waals surface area (Å²) in [6.45, 7) is 1.18. The number of methoxy groups -OCH3 is 2. The minimum absolute atomic E-state index is 0. The van der Waals surface area contributed by atoms with Crippen LogP contribution < -0.4 is 20.1 Å². The van der Waals surface area contributed by atoms with E-state index in [0.717, 1.165) is 18.1 Å². The number of benzene rings is 2. The third-order valence-corrected chi connectivity index (χ3v) is 4.01. The third kappa shape index (κ3) is 7.49. The summed E-state index contributed by atoms with van der Waals surface area (Å²) in [5.74, 6) is 0.887. The molecule has 0 unspecified atom stereocenters. The first-order valence-corrected chi connectivity index (χ1v) is 8.66. The van der Waals surface area contributed by atoms with Crippen LogP contribution in [0, 0.1) is 11.6 Å². The zero-order valence-electron chi connectivity index (χ0n) is 16.2. The molecule has 0 fully saturated rings. The van der Waals surface area contributed by atoms with Crippen molar-refractivity contribution >= 4 is 29.9 Å². The quantitative estimate of drug-likeness (QED) is 0.328. The van der Waals surface area contributed by atoms with E-state index in [-0.39, 0.29) is 24.0 Å². The van der Waals surface area contributed by atoms with Crippen molar-refractivity contribution in [3.8, 4) is 11.5 Å². The van der Waals surface area contributed by atoms with E-state index in [9.17, 15) is 8.78 Å². The molecular formula is C20H26F2IN3O2. The molecule has 5 nitrogen and oxygen atoms in total. The van der Waals surface area contributed by atoms with Gasteiger partial charge >= 0.3 is 0 Å². The Morgan fingerprint density at radius 3 is 1.96 bits per heavy atom. The van der Waals surface area contributed by atoms with Crippen molar-refractivity contribution in [2.24, 2.45) is 4.99 Å². The molecule has 154 valence electrons. The summed E-state index contributed by atoms with van der Waals surface area (Å²) in [6, 6.07) is 9.33. The summed E-state index contributed by atoms with van der Waals surface area (Å²) in [5, 5.41) is 6.34. The highest BCUT2D eigenvalue weighted by Gasteiger charge is 2.05. The lowest BCUT2D eigenvalue weighted by atomic mass is 10.1. The van der Waals surface area contributed by atoms with Gasteiger partial charge in [-0.15, -0.1) is 24.0 Å². The molecule has 0 heterocycles. The standard InChI is InChI=1S/C20H25F2N3O2.HI/c1-23-20(25-9-7-15-10-16(21)13-17(22)11-15)24-8-6-14-4-5-18(26-2)19(12-14)27-3;/h4-5,10-13H,6-9H2,1-3H3,(H2,23,24,25);1H. The van der Waals surface area contributed by atoms with Crippen LogP contribution in [0.25, 0.3) is 0 Å². The zero-order chi connectivity index (χ0) is 19.6. The molecule has 0 aliphatic heterocycles. The first-order valence-electron chi connectivity index (χ1n) is 8.66. The van der Waals surface area contributed by atoms with Crippen LogP contribution in [0.4, 0.5) is 8.78 Å². The van der Waals surface area contributed by atoms with Gasteiger partial charge in [0.05, 0.1) is 14.2 Å². The van der Waals surface area contributed by atoms with Crippen molar-refractivity contribution in [3.05, 3.63) is 59.2 Å². The lowest BCUT2D eigenvalue weighted by Gasteiger charge is -2.13. The fraction of sp³-hybridized carbons (Fsp3) is 0.350. The lowest BCUT2D eigenvalue weighted by Crippen LogP contribution is -2.39. The summed E-state index contributed by atoms with van der Waals surface area (Å²) in [6.07, 6.45) is 1.27. The van der Waals surface area contributed by atoms with E-state index in [0.29, 0.717) is 42.5 Å². The molecule has 2 aromatic carbocycles. The average molecular weight is 505 g/mol. The number of nitrogens with zero attached hydrogens (tertiary/aromatic N) is 1. The van der Waals surface area contributed by atoms with Gasteiger partial charge in [-0.2, -0.15) is 0 Å². The van der Waals surface area contributed by atoms with Crippen molar-refractivity contribution < 1.29 is 18.3 Å². The zero-order valence-corrected chi connectivity index (χ0v) is 18.6. The fourth-order valence-electron chi connectivity index (χ4n) is 2.66. The Labute approximate surface area is 181 Å². The largest absolute Gasteiger partial charge is 0.493 e. The van der Waals surface area contributed by atoms with E-state index in [1.165, 1.54) is 12.1 Å². The van der Waals surface area contributed by atoms with E-state index in [1.807, 2.05) is 18.2 Å². The molecule has 0 atom stereocenters. The Balaban J connectivity index is 0.00000392. The van der Waals surface area contributed by atoms with Gasteiger partial charge in [-0.05, 0) is 48.2 Å². The minimum Gasteiger partial charge on any atom is -0.493 e. The summed E-state index contributed by atoms with van der Waals surface area (Å²) in [7, 11) is 4.89. The summed E-state index contributed by atoms with van der Waals surface area (Å²) in [4.78, 5) is 4.15. The highest BCUT2D eigenvalue weighted by Crippen LogP contribution is 2.27. The first-order chi connectivity index (χ1) is 13.0. The van der Waals surface area contributed by atoms with Crippen LogP contribution in [-0.4, -0.2) is 40.3 Å². The van der Waals surface area contributed by atoms with Crippen molar-refractivity contribution in [1.82, 2.24) is 10.6 Å². The van der Waals surface area contributed by atoms with Crippen LogP contribution in [0.15, 0.2) is 41.4 Å². The predicted molar refractivity (Wildman–Crippen MR) is 118 cm³/mol. The minimum atomic E-state index is -0.567. The molecule has 0 spiro atoms. The van der Waals surface area contributed by atoms with Crippen LogP contribution in [0.3, 0.4) is 0 Å². The van der Waals surface area contributed by atoms with Gasteiger partial charge in [0.25, 0.3) is 0 Å². The molecule has 0 aliphatic rings. The smallest absolute Gasteiger partial charge is 0.190 e. The molecule has 0 aromatic heterocycles. The molecule has 0 amide bonds. The van der Waals surface area contributed by atoms with Gasteiger partial charge in [0.15, 0.2) is 17.5 Å². The van der Waals surface area contributed by atoms with Gasteiger partial charge in [0, 0.05) is 26.2 Å². The molecule has 2 N–H and O–H groups in total. The van der Waals surface area contributed by atoms with Crippen LogP contribution in [0.2, 0.25) is 0 Å². The van der Waals surface area contributed by atoms with Crippen LogP contribution >= 0.6 is 24.0 Å². The monoisotopic (exact) mass is 505 g/mol. The normalized spacial score (nSPS) is 10.8. The average Bonchev–Trinajstić information content (AvgIpc) is 2.65. The Morgan fingerprint density at radius 2 is 1.43 bits per heavy atom. The lowest BCUT2D eigenvalue weighted by molar-refractivity contribution is 0.354. The van der Waals surface area contributed by atoms with E-state index < -0.39 is 11.6 Å². The molecular weight excluding hydrogens is 479 g/mol. The van der Waals surface area contributed by atoms with Crippen molar-refractivity contribution in [1.29, 1.82) is 0 Å². The Morgan fingerprint density at radius 1 is 0.857 bits per heavy atom. The number of guanidine groups is 1. The molecule has 0 bridgehead atoms. The highest BCUT2D eigenvalue weighted by atomic mass is 127. The summed E-state index contributed by atoms with van der Waals surface area (Å²) < 4.78 is 36.9. The van der Waals surface area contributed by atoms with Gasteiger partial charge in [-0.3, -0.25) is 4.99 Å². The molecule has 8 heteroatoms. The second-order valence-corrected chi connectivity index (χ2v) is 5.89. The fourth-order valence-corrected chi connectivity index (χ4v) is 2.66. The van der Waals surface area contributed by atoms with Crippen LogP contribution in [0.5, 0.6) is 11.5 Å². The second-order valence-electron chi connectivity index (χ2n) is 5.89. The highest BCUT2D eigenvalue weighted by molar-refractivity contribution is 14.0. The molecule has 28 heavy (non-hydrogen) atoms. The SMILES string of the molecule is CN=C(NCCc1cc(F)cc(F)c1)NCCc1ccc(OC)c(OC)c1.I. The van der Waals surface area contributed by atoms with Crippen LogP contribution in [-0.2, 0) is 12.8 Å². The number of aliphatic imine (C=N–C) groups is 1. The van der Waals surface area contributed by atoms with Crippen molar-refractivity contribution in [2.75, 3.05) is 34.4 Å². The molecule has 0 saturated carbocycles. The van der Waals surface area contributed by atoms with Gasteiger partial charge in [-0.1, -0.05) is 6.07 Å². The van der Waals surface area contributed by atoms with E-state index >= 15 is 0 Å². The number of hydrogen-bond donors (Lipinski definition) is 2. The number of rotatable bonds is 8. The van der Waals surface area contributed by atoms with E-state index in [1.54, 1.807) is 21.3 Å². The summed E-state index contributed by atoms with van der Waals surface area (Å²) in [5.41, 5.74) is 1.70. The molecule has 0 saturated heterocycles. The molecule has 0 aliphatic carbocycles. The van der Waals surface area contributed by atoms with Gasteiger partial charge < -0.3 is 20.1 Å². The molecule has 2 aromatic rings. The Bertz CT molecular complexity index is 768. The van der Waals surface area contributed by atoms with Gasteiger partial charge in [0.1, 0.15) is 11.6 Å². The van der Waals surface area contributed by atoms with Gasteiger partial charge in [-0.25, -0.2) is 8.78 Å². The van der Waals surface area contributed by atoms with Gasteiger partial charge in [0.2, 0.25) is 0 Å². The topological polar surface area (TPSA) is 54.9 Å². The van der Waals surface area contributed by atoms with E-state index in [2.05, 4.69) is 15.6 Å². The number of hydrogen-bond acceptors (Lipinski definition) is 3. The second kappa shape index (κ2) is 12.4. The predicted octanol–water partition coefficient (Wildman–Crippen LogP) is 3.55. The maximum absolute atomic E-state index is 13.2. The third-order valence-electron chi connectivity index (χ3n) is 4.01. The Kier molecular flexibility index (Phi) is 10.6. The number of halogens is 3. The maximum Gasteiger partial charge on any atom is 0.190 e. The maximum atomic E-state index is 13.2. The number of nitrogens with one attached hydrogen (secondary N) is 2. The van der Waals surface area contributed by atoms with E-state index in [4.69, 9.17) is 9.47 Å².